The third-order valence-electron chi connectivity index (χ3n) is 3.04. The van der Waals surface area contributed by atoms with Gasteiger partial charge in [-0.25, -0.2) is 13.1 Å². The maximum atomic E-state index is 12.2. The topological polar surface area (TPSA) is 72.2 Å². The summed E-state index contributed by atoms with van der Waals surface area (Å²) in [5.74, 6) is 0.408. The van der Waals surface area contributed by atoms with Crippen LogP contribution in [-0.4, -0.2) is 14.5 Å². The van der Waals surface area contributed by atoms with Gasteiger partial charge in [0.1, 0.15) is 4.90 Å². The molecule has 0 heterocycles. The minimum absolute atomic E-state index is 0.00955. The lowest BCUT2D eigenvalue weighted by Gasteiger charge is -2.10. The van der Waals surface area contributed by atoms with Crippen molar-refractivity contribution in [1.29, 1.82) is 0 Å². The summed E-state index contributed by atoms with van der Waals surface area (Å²) in [5.41, 5.74) is 5.88. The van der Waals surface area contributed by atoms with Crippen LogP contribution >= 0.6 is 23.2 Å². The van der Waals surface area contributed by atoms with E-state index in [0.717, 1.165) is 12.8 Å². The first-order chi connectivity index (χ1) is 8.35. The molecule has 1 aliphatic carbocycles. The summed E-state index contributed by atoms with van der Waals surface area (Å²) >= 11 is 11.8. The molecule has 2 atom stereocenters. The minimum Gasteiger partial charge on any atom is -0.399 e. The van der Waals surface area contributed by atoms with Crippen LogP contribution in [0.5, 0.6) is 0 Å². The number of hydrogen-bond acceptors (Lipinski definition) is 3. The third kappa shape index (κ3) is 2.74. The summed E-state index contributed by atoms with van der Waals surface area (Å²) in [5, 5.41) is 0.0856. The first-order valence-corrected chi connectivity index (χ1v) is 7.86. The molecule has 18 heavy (non-hydrogen) atoms. The van der Waals surface area contributed by atoms with Crippen LogP contribution in [0.25, 0.3) is 0 Å². The van der Waals surface area contributed by atoms with Gasteiger partial charge in [-0.15, -0.1) is 0 Å². The number of hydrogen-bond donors (Lipinski definition) is 2. The first-order valence-electron chi connectivity index (χ1n) is 5.62. The van der Waals surface area contributed by atoms with Crippen LogP contribution in [0.1, 0.15) is 19.8 Å². The van der Waals surface area contributed by atoms with E-state index in [1.165, 1.54) is 12.1 Å². The van der Waals surface area contributed by atoms with E-state index in [9.17, 15) is 8.42 Å². The highest BCUT2D eigenvalue weighted by Gasteiger charge is 2.39. The summed E-state index contributed by atoms with van der Waals surface area (Å²) in [4.78, 5) is -0.0956. The number of nitrogens with one attached hydrogen (secondary N) is 1. The van der Waals surface area contributed by atoms with Crippen LogP contribution in [0.4, 0.5) is 5.69 Å². The Hall–Kier alpha value is -0.490. The molecule has 0 saturated heterocycles. The SMILES string of the molecule is CCC1CC1NS(=O)(=O)c1c(Cl)cc(N)cc1Cl. The van der Waals surface area contributed by atoms with E-state index in [1.54, 1.807) is 0 Å². The summed E-state index contributed by atoms with van der Waals surface area (Å²) < 4.78 is 27.0. The average Bonchev–Trinajstić information content (AvgIpc) is 2.92. The van der Waals surface area contributed by atoms with E-state index in [0.29, 0.717) is 11.6 Å². The van der Waals surface area contributed by atoms with Crippen molar-refractivity contribution < 1.29 is 8.42 Å². The highest BCUT2D eigenvalue weighted by atomic mass is 35.5. The number of benzene rings is 1. The van der Waals surface area contributed by atoms with Crippen LogP contribution in [0.15, 0.2) is 17.0 Å². The predicted molar refractivity (Wildman–Crippen MR) is 73.4 cm³/mol. The molecule has 100 valence electrons. The van der Waals surface area contributed by atoms with Crippen molar-refractivity contribution >= 4 is 38.9 Å². The molecular weight excluding hydrogens is 295 g/mol. The van der Waals surface area contributed by atoms with Crippen molar-refractivity contribution in [2.24, 2.45) is 5.92 Å². The number of sulfonamides is 1. The van der Waals surface area contributed by atoms with E-state index < -0.39 is 10.0 Å². The second-order valence-electron chi connectivity index (χ2n) is 4.45. The molecule has 1 aliphatic rings. The van der Waals surface area contributed by atoms with Gasteiger partial charge in [0, 0.05) is 11.7 Å². The lowest BCUT2D eigenvalue weighted by atomic mass is 10.3. The molecule has 0 aliphatic heterocycles. The molecule has 0 spiro atoms. The summed E-state index contributed by atoms with van der Waals surface area (Å²) in [7, 11) is -3.69. The van der Waals surface area contributed by atoms with E-state index >= 15 is 0 Å². The largest absolute Gasteiger partial charge is 0.399 e. The Kier molecular flexibility index (Phi) is 3.78. The quantitative estimate of drug-likeness (QED) is 0.840. The average molecular weight is 309 g/mol. The number of nitrogens with two attached hydrogens (primary N) is 1. The van der Waals surface area contributed by atoms with Crippen molar-refractivity contribution in [3.63, 3.8) is 0 Å². The molecule has 0 amide bonds. The number of rotatable bonds is 4. The molecule has 2 rings (SSSR count). The van der Waals surface area contributed by atoms with Crippen LogP contribution in [0.2, 0.25) is 10.0 Å². The second-order valence-corrected chi connectivity index (χ2v) is 6.91. The molecular formula is C11H14Cl2N2O2S. The molecule has 2 unspecified atom stereocenters. The maximum Gasteiger partial charge on any atom is 0.243 e. The Morgan fingerprint density at radius 1 is 1.39 bits per heavy atom. The lowest BCUT2D eigenvalue weighted by Crippen LogP contribution is -2.27. The number of anilines is 1. The fraction of sp³-hybridized carbons (Fsp3) is 0.455. The molecule has 1 aromatic rings. The molecule has 0 radical (unpaired) electrons. The zero-order valence-corrected chi connectivity index (χ0v) is 12.1. The van der Waals surface area contributed by atoms with Gasteiger partial charge in [0.25, 0.3) is 0 Å². The van der Waals surface area contributed by atoms with Crippen molar-refractivity contribution in [2.75, 3.05) is 5.73 Å². The molecule has 3 N–H and O–H groups in total. The highest BCUT2D eigenvalue weighted by molar-refractivity contribution is 7.89. The van der Waals surface area contributed by atoms with Gasteiger partial charge in [0.05, 0.1) is 10.0 Å². The van der Waals surface area contributed by atoms with Crippen molar-refractivity contribution in [3.05, 3.63) is 22.2 Å². The van der Waals surface area contributed by atoms with Gasteiger partial charge in [-0.1, -0.05) is 36.5 Å². The molecule has 1 saturated carbocycles. The van der Waals surface area contributed by atoms with Gasteiger partial charge < -0.3 is 5.73 Å². The zero-order valence-electron chi connectivity index (χ0n) is 9.78. The zero-order chi connectivity index (χ0) is 13.5. The molecule has 0 aromatic heterocycles. The monoisotopic (exact) mass is 308 g/mol. The van der Waals surface area contributed by atoms with Gasteiger partial charge >= 0.3 is 0 Å². The van der Waals surface area contributed by atoms with Gasteiger partial charge in [0.2, 0.25) is 10.0 Å². The Balaban J connectivity index is 2.30. The summed E-state index contributed by atoms with van der Waals surface area (Å²) in [6.07, 6.45) is 1.82. The van der Waals surface area contributed by atoms with E-state index in [2.05, 4.69) is 4.72 Å². The standard InChI is InChI=1S/C11H14Cl2N2O2S/c1-2-6-3-10(6)15-18(16,17)11-8(12)4-7(14)5-9(11)13/h4-6,10,15H,2-3,14H2,1H3. The Morgan fingerprint density at radius 2 is 1.94 bits per heavy atom. The fourth-order valence-electron chi connectivity index (χ4n) is 1.94. The van der Waals surface area contributed by atoms with E-state index in [1.807, 2.05) is 6.92 Å². The lowest BCUT2D eigenvalue weighted by molar-refractivity contribution is 0.576. The first kappa shape index (κ1) is 13.9. The Bertz CT molecular complexity index is 551. The smallest absolute Gasteiger partial charge is 0.243 e. The maximum absolute atomic E-state index is 12.2. The summed E-state index contributed by atoms with van der Waals surface area (Å²) in [6.45, 7) is 2.03. The van der Waals surface area contributed by atoms with Crippen LogP contribution in [0.3, 0.4) is 0 Å². The van der Waals surface area contributed by atoms with Crippen molar-refractivity contribution in [3.8, 4) is 0 Å². The number of halogens is 2. The minimum atomic E-state index is -3.69. The van der Waals surface area contributed by atoms with Crippen molar-refractivity contribution in [1.82, 2.24) is 4.72 Å². The summed E-state index contributed by atoms with van der Waals surface area (Å²) in [6, 6.07) is 2.75. The van der Waals surface area contributed by atoms with E-state index in [4.69, 9.17) is 28.9 Å². The van der Waals surface area contributed by atoms with Gasteiger partial charge in [-0.3, -0.25) is 0 Å². The second kappa shape index (κ2) is 4.89. The highest BCUT2D eigenvalue weighted by Crippen LogP contribution is 2.37. The Morgan fingerprint density at radius 3 is 2.39 bits per heavy atom. The van der Waals surface area contributed by atoms with Crippen LogP contribution in [-0.2, 0) is 10.0 Å². The normalized spacial score (nSPS) is 23.1. The predicted octanol–water partition coefficient (Wildman–Crippen LogP) is 2.65. The third-order valence-corrected chi connectivity index (χ3v) is 5.45. The van der Waals surface area contributed by atoms with Gasteiger partial charge in [-0.05, 0) is 24.5 Å². The Labute approximate surface area is 117 Å². The van der Waals surface area contributed by atoms with Crippen molar-refractivity contribution in [2.45, 2.75) is 30.7 Å². The molecule has 0 bridgehead atoms. The number of nitrogen functional groups attached to an aromatic ring is 1. The fourth-order valence-corrected chi connectivity index (χ4v) is 4.49. The van der Waals surface area contributed by atoms with Gasteiger partial charge in [0.15, 0.2) is 0 Å². The molecule has 1 aromatic carbocycles. The molecule has 1 fully saturated rings. The van der Waals surface area contributed by atoms with E-state index in [-0.39, 0.29) is 21.0 Å². The molecule has 7 heteroatoms. The van der Waals surface area contributed by atoms with Crippen LogP contribution in [0, 0.1) is 5.92 Å². The molecule has 4 nitrogen and oxygen atoms in total. The van der Waals surface area contributed by atoms with Crippen LogP contribution < -0.4 is 10.5 Å². The van der Waals surface area contributed by atoms with Gasteiger partial charge in [-0.2, -0.15) is 0 Å².